The number of hydrogen-bond acceptors (Lipinski definition) is 3. The summed E-state index contributed by atoms with van der Waals surface area (Å²) >= 11 is 1.64. The maximum Gasteiger partial charge on any atom is 0.235 e. The van der Waals surface area contributed by atoms with Gasteiger partial charge in [-0.2, -0.15) is 0 Å². The van der Waals surface area contributed by atoms with E-state index in [1.54, 1.807) is 11.8 Å². The van der Waals surface area contributed by atoms with E-state index in [0.29, 0.717) is 12.1 Å². The molecule has 0 saturated heterocycles. The van der Waals surface area contributed by atoms with Gasteiger partial charge < -0.3 is 0 Å². The van der Waals surface area contributed by atoms with E-state index in [-0.39, 0.29) is 17.1 Å². The zero-order valence-corrected chi connectivity index (χ0v) is 12.5. The first kappa shape index (κ1) is 13.9. The van der Waals surface area contributed by atoms with Gasteiger partial charge in [0, 0.05) is 23.5 Å². The average Bonchev–Trinajstić information content (AvgIpc) is 2.63. The Morgan fingerprint density at radius 2 is 1.76 bits per heavy atom. The Kier molecular flexibility index (Phi) is 3.80. The number of anilines is 1. The molecule has 0 unspecified atom stereocenters. The topological polar surface area (TPSA) is 37.4 Å². The Hall–Kier alpha value is -2.07. The zero-order chi connectivity index (χ0) is 14.8. The van der Waals surface area contributed by atoms with Gasteiger partial charge in [0.25, 0.3) is 0 Å². The summed E-state index contributed by atoms with van der Waals surface area (Å²) in [5.41, 5.74) is 1.80. The number of nitrogens with zero attached hydrogens (tertiary/aromatic N) is 1. The van der Waals surface area contributed by atoms with Crippen LogP contribution >= 0.6 is 11.8 Å². The molecule has 0 bridgehead atoms. The van der Waals surface area contributed by atoms with Crippen molar-refractivity contribution >= 4 is 29.3 Å². The third kappa shape index (κ3) is 2.72. The van der Waals surface area contributed by atoms with Crippen LogP contribution in [0.15, 0.2) is 59.5 Å². The van der Waals surface area contributed by atoms with Crippen molar-refractivity contribution in [3.8, 4) is 0 Å². The molecule has 1 atom stereocenters. The molecule has 1 heterocycles. The standard InChI is InChI=1S/C17H15NO2S/c1-12(19)18-14-9-5-6-10-15(14)21-16(11-17(18)20)13-7-3-2-4-8-13/h2-10,16H,11H2,1H3/t16-/m1/s1. The van der Waals surface area contributed by atoms with Gasteiger partial charge in [0.1, 0.15) is 0 Å². The normalized spacial score (nSPS) is 18.0. The molecule has 0 N–H and O–H groups in total. The fourth-order valence-electron chi connectivity index (χ4n) is 2.52. The number of thioether (sulfide) groups is 1. The number of rotatable bonds is 1. The van der Waals surface area contributed by atoms with Gasteiger partial charge in [-0.05, 0) is 17.7 Å². The van der Waals surface area contributed by atoms with Crippen molar-refractivity contribution in [3.63, 3.8) is 0 Å². The number of imide groups is 1. The van der Waals surface area contributed by atoms with Gasteiger partial charge in [-0.1, -0.05) is 42.5 Å². The highest BCUT2D eigenvalue weighted by atomic mass is 32.2. The molecule has 0 radical (unpaired) electrons. The van der Waals surface area contributed by atoms with Crippen LogP contribution in [0.1, 0.15) is 24.2 Å². The maximum atomic E-state index is 12.5. The van der Waals surface area contributed by atoms with Gasteiger partial charge in [-0.15, -0.1) is 11.8 Å². The first-order valence-corrected chi connectivity index (χ1v) is 7.69. The molecule has 2 aromatic carbocycles. The van der Waals surface area contributed by atoms with Crippen LogP contribution in [0.4, 0.5) is 5.69 Å². The number of carbonyl (C=O) groups excluding carboxylic acids is 2. The Morgan fingerprint density at radius 1 is 1.10 bits per heavy atom. The van der Waals surface area contributed by atoms with Crippen molar-refractivity contribution in [3.05, 3.63) is 60.2 Å². The fourth-order valence-corrected chi connectivity index (χ4v) is 3.78. The number of benzene rings is 2. The largest absolute Gasteiger partial charge is 0.274 e. The van der Waals surface area contributed by atoms with Gasteiger partial charge in [0.05, 0.1) is 5.69 Å². The highest BCUT2D eigenvalue weighted by Gasteiger charge is 2.31. The van der Waals surface area contributed by atoms with E-state index < -0.39 is 0 Å². The second kappa shape index (κ2) is 5.74. The first-order chi connectivity index (χ1) is 10.2. The van der Waals surface area contributed by atoms with Gasteiger partial charge in [-0.25, -0.2) is 4.90 Å². The Bertz CT molecular complexity index is 684. The van der Waals surface area contributed by atoms with Crippen molar-refractivity contribution in [1.29, 1.82) is 0 Å². The molecule has 1 aliphatic rings. The molecule has 3 rings (SSSR count). The molecule has 0 aliphatic carbocycles. The first-order valence-electron chi connectivity index (χ1n) is 6.81. The molecule has 21 heavy (non-hydrogen) atoms. The van der Waals surface area contributed by atoms with E-state index in [4.69, 9.17) is 0 Å². The molecule has 1 aliphatic heterocycles. The highest BCUT2D eigenvalue weighted by Crippen LogP contribution is 2.45. The van der Waals surface area contributed by atoms with Gasteiger partial charge >= 0.3 is 0 Å². The van der Waals surface area contributed by atoms with Crippen molar-refractivity contribution in [2.24, 2.45) is 0 Å². The van der Waals surface area contributed by atoms with E-state index in [1.165, 1.54) is 11.8 Å². The third-order valence-electron chi connectivity index (χ3n) is 3.47. The fraction of sp³-hybridized carbons (Fsp3) is 0.176. The predicted octanol–water partition coefficient (Wildman–Crippen LogP) is 3.80. The zero-order valence-electron chi connectivity index (χ0n) is 11.7. The van der Waals surface area contributed by atoms with Crippen LogP contribution in [0.25, 0.3) is 0 Å². The minimum Gasteiger partial charge on any atom is -0.274 e. The van der Waals surface area contributed by atoms with E-state index in [9.17, 15) is 9.59 Å². The van der Waals surface area contributed by atoms with E-state index >= 15 is 0 Å². The highest BCUT2D eigenvalue weighted by molar-refractivity contribution is 7.99. The van der Waals surface area contributed by atoms with Gasteiger partial charge in [0.15, 0.2) is 0 Å². The van der Waals surface area contributed by atoms with Crippen LogP contribution in [-0.4, -0.2) is 11.8 Å². The molecular weight excluding hydrogens is 282 g/mol. The lowest BCUT2D eigenvalue weighted by Gasteiger charge is -2.18. The molecule has 106 valence electrons. The van der Waals surface area contributed by atoms with E-state index in [0.717, 1.165) is 10.5 Å². The predicted molar refractivity (Wildman–Crippen MR) is 84.3 cm³/mol. The van der Waals surface area contributed by atoms with Crippen LogP contribution < -0.4 is 4.90 Å². The number of amides is 2. The number of fused-ring (bicyclic) bond motifs is 1. The quantitative estimate of drug-likeness (QED) is 0.803. The molecule has 0 spiro atoms. The molecule has 0 saturated carbocycles. The summed E-state index contributed by atoms with van der Waals surface area (Å²) in [6.07, 6.45) is 0.322. The second-order valence-corrected chi connectivity index (χ2v) is 6.18. The average molecular weight is 297 g/mol. The minimum atomic E-state index is -0.234. The number of para-hydroxylation sites is 1. The van der Waals surface area contributed by atoms with Gasteiger partial charge in [-0.3, -0.25) is 9.59 Å². The third-order valence-corrected chi connectivity index (χ3v) is 4.79. The Morgan fingerprint density at radius 3 is 2.48 bits per heavy atom. The summed E-state index contributed by atoms with van der Waals surface area (Å²) in [6, 6.07) is 17.5. The van der Waals surface area contributed by atoms with Crippen LogP contribution in [0.3, 0.4) is 0 Å². The molecular formula is C17H15NO2S. The summed E-state index contributed by atoms with van der Waals surface area (Å²) in [6.45, 7) is 1.43. The number of carbonyl (C=O) groups is 2. The minimum absolute atomic E-state index is 0.0317. The monoisotopic (exact) mass is 297 g/mol. The van der Waals surface area contributed by atoms with Gasteiger partial charge in [0.2, 0.25) is 11.8 Å². The Labute approximate surface area is 128 Å². The van der Waals surface area contributed by atoms with E-state index in [1.807, 2.05) is 54.6 Å². The van der Waals surface area contributed by atoms with Crippen molar-refractivity contribution < 1.29 is 9.59 Å². The summed E-state index contributed by atoms with van der Waals surface area (Å²) in [7, 11) is 0. The molecule has 0 fully saturated rings. The smallest absolute Gasteiger partial charge is 0.235 e. The lowest BCUT2D eigenvalue weighted by atomic mass is 10.1. The van der Waals surface area contributed by atoms with Crippen LogP contribution in [0.2, 0.25) is 0 Å². The van der Waals surface area contributed by atoms with Crippen molar-refractivity contribution in [2.75, 3.05) is 4.90 Å². The number of hydrogen-bond donors (Lipinski definition) is 0. The molecule has 3 nitrogen and oxygen atoms in total. The van der Waals surface area contributed by atoms with Crippen molar-refractivity contribution in [1.82, 2.24) is 0 Å². The van der Waals surface area contributed by atoms with E-state index in [2.05, 4.69) is 0 Å². The van der Waals surface area contributed by atoms with Crippen LogP contribution in [-0.2, 0) is 9.59 Å². The second-order valence-electron chi connectivity index (χ2n) is 4.94. The summed E-state index contributed by atoms with van der Waals surface area (Å²) < 4.78 is 0. The molecule has 0 aromatic heterocycles. The van der Waals surface area contributed by atoms with Crippen molar-refractivity contribution in [2.45, 2.75) is 23.5 Å². The molecule has 2 aromatic rings. The molecule has 4 heteroatoms. The SMILES string of the molecule is CC(=O)N1C(=O)C[C@H](c2ccccc2)Sc2ccccc21. The van der Waals surface area contributed by atoms with Crippen LogP contribution in [0, 0.1) is 0 Å². The Balaban J connectivity index is 2.06. The van der Waals surface area contributed by atoms with Crippen LogP contribution in [0.5, 0.6) is 0 Å². The lowest BCUT2D eigenvalue weighted by molar-refractivity contribution is -0.125. The molecule has 2 amide bonds. The lowest BCUT2D eigenvalue weighted by Crippen LogP contribution is -2.35. The summed E-state index contributed by atoms with van der Waals surface area (Å²) in [5, 5.41) is 0.0317. The maximum absolute atomic E-state index is 12.5. The summed E-state index contributed by atoms with van der Waals surface area (Å²) in [5.74, 6) is -0.379. The summed E-state index contributed by atoms with van der Waals surface area (Å²) in [4.78, 5) is 26.6.